The number of aryl methyl sites for hydroxylation is 2. The number of para-hydroxylation sites is 1. The number of rotatable bonds is 6. The Balaban J connectivity index is 1.45. The Morgan fingerprint density at radius 2 is 1.94 bits per heavy atom. The number of hydrogen-bond donors (Lipinski definition) is 2. The number of anilines is 1. The van der Waals surface area contributed by atoms with Crippen LogP contribution < -0.4 is 5.32 Å². The lowest BCUT2D eigenvalue weighted by Crippen LogP contribution is -2.47. The molecule has 0 spiro atoms. The molecule has 3 aromatic rings. The number of likely N-dealkylation sites (tertiary alicyclic amines) is 1. The van der Waals surface area contributed by atoms with Crippen molar-refractivity contribution >= 4 is 50.2 Å². The number of aliphatic hydroxyl groups is 1. The fourth-order valence-corrected chi connectivity index (χ4v) is 5.58. The summed E-state index contributed by atoms with van der Waals surface area (Å²) in [4.78, 5) is 45.1. The molecule has 1 aliphatic heterocycles. The predicted molar refractivity (Wildman–Crippen MR) is 133 cm³/mol. The van der Waals surface area contributed by atoms with E-state index in [0.29, 0.717) is 34.3 Å². The van der Waals surface area contributed by atoms with E-state index in [1.165, 1.54) is 6.92 Å². The Morgan fingerprint density at radius 3 is 2.66 bits per heavy atom. The van der Waals surface area contributed by atoms with Crippen LogP contribution in [-0.4, -0.2) is 61.1 Å². The molecule has 182 valence electrons. The van der Waals surface area contributed by atoms with E-state index in [1.807, 2.05) is 38.1 Å². The molecule has 2 amide bonds. The van der Waals surface area contributed by atoms with E-state index in [4.69, 9.17) is 0 Å². The first-order chi connectivity index (χ1) is 16.6. The van der Waals surface area contributed by atoms with E-state index in [-0.39, 0.29) is 36.8 Å². The van der Waals surface area contributed by atoms with E-state index in [9.17, 15) is 19.5 Å². The molecule has 10 heteroatoms. The van der Waals surface area contributed by atoms with Crippen LogP contribution in [0.2, 0.25) is 0 Å². The summed E-state index contributed by atoms with van der Waals surface area (Å²) in [5, 5.41) is 18.0. The van der Waals surface area contributed by atoms with Crippen LogP contribution in [0, 0.1) is 19.3 Å². The third kappa shape index (κ3) is 3.94. The minimum atomic E-state index is -0.733. The number of aliphatic hydroxyl groups excluding tert-OH is 1. The van der Waals surface area contributed by atoms with Gasteiger partial charge in [0.15, 0.2) is 5.78 Å². The summed E-state index contributed by atoms with van der Waals surface area (Å²) in [5.74, 6) is -0.360. The van der Waals surface area contributed by atoms with Crippen molar-refractivity contribution in [2.75, 3.05) is 11.9 Å². The number of carbonyl (C=O) groups is 3. The van der Waals surface area contributed by atoms with Crippen LogP contribution in [-0.2, 0) is 16.1 Å². The van der Waals surface area contributed by atoms with Crippen molar-refractivity contribution in [1.29, 1.82) is 0 Å². The second kappa shape index (κ2) is 8.53. The number of carbonyl (C=O) groups excluding carboxylic acids is 3. The van der Waals surface area contributed by atoms with Gasteiger partial charge in [0, 0.05) is 23.8 Å². The summed E-state index contributed by atoms with van der Waals surface area (Å²) in [6.07, 6.45) is 1.04. The van der Waals surface area contributed by atoms with Gasteiger partial charge < -0.3 is 15.3 Å². The number of pyridine rings is 1. The smallest absolute Gasteiger partial charge is 0.248 e. The number of aromatic nitrogens is 3. The lowest BCUT2D eigenvalue weighted by molar-refractivity contribution is -0.138. The summed E-state index contributed by atoms with van der Waals surface area (Å²) < 4.78 is 2.15. The van der Waals surface area contributed by atoms with E-state index < -0.39 is 11.5 Å². The van der Waals surface area contributed by atoms with Gasteiger partial charge in [-0.15, -0.1) is 0 Å². The molecular weight excluding hydrogens is 514 g/mol. The van der Waals surface area contributed by atoms with Gasteiger partial charge in [0.1, 0.15) is 28.7 Å². The summed E-state index contributed by atoms with van der Waals surface area (Å²) in [6, 6.07) is 8.28. The van der Waals surface area contributed by atoms with Crippen molar-refractivity contribution in [1.82, 2.24) is 19.7 Å². The lowest BCUT2D eigenvalue weighted by Gasteiger charge is -2.27. The Morgan fingerprint density at radius 1 is 1.17 bits per heavy atom. The first kappa shape index (κ1) is 23.6. The zero-order valence-corrected chi connectivity index (χ0v) is 21.3. The number of fused-ring (bicyclic) bond motifs is 2. The van der Waals surface area contributed by atoms with Gasteiger partial charge in [-0.25, -0.2) is 4.98 Å². The van der Waals surface area contributed by atoms with Crippen LogP contribution >= 0.6 is 15.9 Å². The van der Waals surface area contributed by atoms with Crippen molar-refractivity contribution < 1.29 is 19.5 Å². The lowest BCUT2D eigenvalue weighted by atomic mass is 10.0. The molecule has 35 heavy (non-hydrogen) atoms. The number of piperidine rings is 1. The van der Waals surface area contributed by atoms with E-state index >= 15 is 0 Å². The van der Waals surface area contributed by atoms with Crippen LogP contribution in [0.4, 0.5) is 5.82 Å². The highest BCUT2D eigenvalue weighted by molar-refractivity contribution is 9.10. The highest BCUT2D eigenvalue weighted by atomic mass is 79.9. The number of nitrogens with one attached hydrogen (secondary N) is 1. The molecule has 3 heterocycles. The topological polar surface area (TPSA) is 117 Å². The molecule has 2 aliphatic rings. The van der Waals surface area contributed by atoms with Crippen LogP contribution in [0.15, 0.2) is 34.9 Å². The van der Waals surface area contributed by atoms with Crippen molar-refractivity contribution in [3.8, 4) is 0 Å². The van der Waals surface area contributed by atoms with Gasteiger partial charge in [0.25, 0.3) is 0 Å². The first-order valence-corrected chi connectivity index (χ1v) is 12.3. The Bertz CT molecular complexity index is 1390. The maximum absolute atomic E-state index is 13.6. The number of amides is 2. The van der Waals surface area contributed by atoms with Crippen LogP contribution in [0.25, 0.3) is 10.9 Å². The SMILES string of the molecule is CC(=O)c1nn(CC(=O)N2[C@H](C(=O)Nc3nc(Br)ccc3C)C[C@@]3(CO)C[C@@H]23)c2c(C)cccc12. The average Bonchev–Trinajstić information content (AvgIpc) is 3.23. The molecule has 2 fully saturated rings. The maximum Gasteiger partial charge on any atom is 0.248 e. The van der Waals surface area contributed by atoms with E-state index in [2.05, 4.69) is 31.3 Å². The molecule has 0 bridgehead atoms. The quantitative estimate of drug-likeness (QED) is 0.367. The predicted octanol–water partition coefficient (Wildman–Crippen LogP) is 3.00. The summed E-state index contributed by atoms with van der Waals surface area (Å²) in [5.41, 5.74) is 2.29. The molecular formula is C25H26BrN5O4. The zero-order valence-electron chi connectivity index (χ0n) is 19.7. The third-order valence-corrected chi connectivity index (χ3v) is 7.66. The summed E-state index contributed by atoms with van der Waals surface area (Å²) in [6.45, 7) is 5.01. The number of ketones is 1. The average molecular weight is 540 g/mol. The van der Waals surface area contributed by atoms with E-state index in [0.717, 1.165) is 16.6 Å². The van der Waals surface area contributed by atoms with Gasteiger partial charge in [-0.2, -0.15) is 5.10 Å². The Hall–Kier alpha value is -3.11. The molecule has 5 rings (SSSR count). The second-order valence-corrected chi connectivity index (χ2v) is 10.4. The van der Waals surface area contributed by atoms with E-state index in [1.54, 1.807) is 15.6 Å². The van der Waals surface area contributed by atoms with Gasteiger partial charge in [-0.05, 0) is 59.8 Å². The van der Waals surface area contributed by atoms with Crippen LogP contribution in [0.1, 0.15) is 41.4 Å². The van der Waals surface area contributed by atoms with Gasteiger partial charge in [0.2, 0.25) is 11.8 Å². The molecule has 3 atom stereocenters. The second-order valence-electron chi connectivity index (χ2n) is 9.58. The summed E-state index contributed by atoms with van der Waals surface area (Å²) in [7, 11) is 0. The molecule has 0 radical (unpaired) electrons. The van der Waals surface area contributed by atoms with Gasteiger partial charge in [0.05, 0.1) is 12.1 Å². The van der Waals surface area contributed by atoms with Crippen molar-refractivity contribution in [2.45, 2.75) is 52.2 Å². The van der Waals surface area contributed by atoms with Crippen molar-refractivity contribution in [3.05, 3.63) is 51.8 Å². The summed E-state index contributed by atoms with van der Waals surface area (Å²) >= 11 is 3.32. The molecule has 2 N–H and O–H groups in total. The Kier molecular flexibility index (Phi) is 5.76. The van der Waals surface area contributed by atoms with Crippen molar-refractivity contribution in [2.24, 2.45) is 5.41 Å². The minimum Gasteiger partial charge on any atom is -0.396 e. The van der Waals surface area contributed by atoms with Gasteiger partial charge >= 0.3 is 0 Å². The molecule has 0 unspecified atom stereocenters. The standard InChI is InChI=1S/C25H26BrN5O4/c1-13-5-4-6-16-21(15(3)33)29-30(22(13)16)11-20(34)31-17(9-25(12-32)10-18(25)31)24(35)28-23-14(2)7-8-19(26)27-23/h4-8,17-18,32H,9-12H2,1-3H3,(H,27,28,35)/t17-,18+,25-/m0/s1. The number of halogens is 1. The van der Waals surface area contributed by atoms with Gasteiger partial charge in [-0.1, -0.05) is 24.3 Å². The number of nitrogens with zero attached hydrogens (tertiary/aromatic N) is 4. The highest BCUT2D eigenvalue weighted by Crippen LogP contribution is 2.59. The van der Waals surface area contributed by atoms with Gasteiger partial charge in [-0.3, -0.25) is 19.1 Å². The Labute approximate surface area is 210 Å². The largest absolute Gasteiger partial charge is 0.396 e. The fraction of sp³-hybridized carbons (Fsp3) is 0.400. The molecule has 1 aliphatic carbocycles. The molecule has 1 saturated heterocycles. The van der Waals surface area contributed by atoms with Crippen LogP contribution in [0.5, 0.6) is 0 Å². The fourth-order valence-electron chi connectivity index (χ4n) is 5.27. The molecule has 2 aromatic heterocycles. The van der Waals surface area contributed by atoms with Crippen molar-refractivity contribution in [3.63, 3.8) is 0 Å². The zero-order chi connectivity index (χ0) is 25.1. The highest BCUT2D eigenvalue weighted by Gasteiger charge is 2.66. The van der Waals surface area contributed by atoms with Crippen LogP contribution in [0.3, 0.4) is 0 Å². The first-order valence-electron chi connectivity index (χ1n) is 11.5. The molecule has 9 nitrogen and oxygen atoms in total. The third-order valence-electron chi connectivity index (χ3n) is 7.22. The molecule has 1 aromatic carbocycles. The number of hydrogen-bond acceptors (Lipinski definition) is 6. The monoisotopic (exact) mass is 539 g/mol. The number of benzene rings is 1. The minimum absolute atomic E-state index is 0.0856. The number of Topliss-reactive ketones (excluding diaryl/α,β-unsaturated/α-hetero) is 1. The molecule has 1 saturated carbocycles. The normalized spacial score (nSPS) is 22.8. The maximum atomic E-state index is 13.6.